The number of rotatable bonds is 7. The Morgan fingerprint density at radius 2 is 2.48 bits per heavy atom. The van der Waals surface area contributed by atoms with Crippen LogP contribution >= 0.6 is 11.3 Å². The number of thiazole rings is 1. The van der Waals surface area contributed by atoms with E-state index < -0.39 is 0 Å². The lowest BCUT2D eigenvalue weighted by Crippen LogP contribution is -2.37. The number of carbonyl (C=O) groups is 1. The average Bonchev–Trinajstić information content (AvgIpc) is 3.29. The van der Waals surface area contributed by atoms with Crippen molar-refractivity contribution in [2.45, 2.75) is 32.1 Å². The lowest BCUT2D eigenvalue weighted by atomic mass is 10.2. The normalized spacial score (nSPS) is 17.5. The molecule has 0 spiro atoms. The number of hydrogen-bond donors (Lipinski definition) is 0. The van der Waals surface area contributed by atoms with E-state index in [2.05, 4.69) is 4.98 Å². The van der Waals surface area contributed by atoms with Crippen molar-refractivity contribution in [1.29, 1.82) is 0 Å². The molecule has 0 aliphatic carbocycles. The van der Waals surface area contributed by atoms with Gasteiger partial charge in [-0.25, -0.2) is 4.98 Å². The number of ether oxygens (including phenoxy) is 2. The summed E-state index contributed by atoms with van der Waals surface area (Å²) in [6.45, 7) is 2.16. The molecular weight excluding hydrogens is 316 g/mol. The van der Waals surface area contributed by atoms with Crippen LogP contribution in [-0.2, 0) is 22.6 Å². The molecule has 7 heteroatoms. The van der Waals surface area contributed by atoms with E-state index in [4.69, 9.17) is 13.9 Å². The van der Waals surface area contributed by atoms with Crippen LogP contribution in [0.15, 0.2) is 28.2 Å². The first-order valence-electron chi connectivity index (χ1n) is 7.63. The highest BCUT2D eigenvalue weighted by atomic mass is 32.1. The average molecular weight is 336 g/mol. The summed E-state index contributed by atoms with van der Waals surface area (Å²) >= 11 is 1.43. The van der Waals surface area contributed by atoms with Gasteiger partial charge in [-0.3, -0.25) is 4.79 Å². The molecule has 0 bridgehead atoms. The van der Waals surface area contributed by atoms with E-state index in [9.17, 15) is 4.79 Å². The van der Waals surface area contributed by atoms with Crippen LogP contribution in [0.25, 0.3) is 0 Å². The molecule has 1 aliphatic rings. The molecule has 2 aromatic rings. The predicted octanol–water partition coefficient (Wildman–Crippen LogP) is 2.70. The van der Waals surface area contributed by atoms with Crippen LogP contribution in [0.2, 0.25) is 0 Å². The van der Waals surface area contributed by atoms with E-state index in [-0.39, 0.29) is 12.0 Å². The Morgan fingerprint density at radius 1 is 1.57 bits per heavy atom. The van der Waals surface area contributed by atoms with Crippen molar-refractivity contribution in [3.63, 3.8) is 0 Å². The van der Waals surface area contributed by atoms with Crippen molar-refractivity contribution in [2.24, 2.45) is 0 Å². The third kappa shape index (κ3) is 4.19. The number of furan rings is 1. The van der Waals surface area contributed by atoms with Crippen molar-refractivity contribution < 1.29 is 18.7 Å². The summed E-state index contributed by atoms with van der Waals surface area (Å²) in [4.78, 5) is 18.9. The monoisotopic (exact) mass is 336 g/mol. The van der Waals surface area contributed by atoms with Gasteiger partial charge in [0.1, 0.15) is 16.5 Å². The molecule has 1 unspecified atom stereocenters. The standard InChI is InChI=1S/C16H20N2O4S/c1-20-10-15-17-14(11-23-15)16(19)18(8-12-4-2-6-21-12)9-13-5-3-7-22-13/h2,4,6,11,13H,3,5,7-10H2,1H3. The summed E-state index contributed by atoms with van der Waals surface area (Å²) in [7, 11) is 1.61. The van der Waals surface area contributed by atoms with Gasteiger partial charge in [0.25, 0.3) is 5.91 Å². The lowest BCUT2D eigenvalue weighted by molar-refractivity contribution is 0.0487. The van der Waals surface area contributed by atoms with E-state index in [0.717, 1.165) is 30.2 Å². The minimum atomic E-state index is -0.101. The molecule has 1 amide bonds. The molecule has 23 heavy (non-hydrogen) atoms. The molecule has 1 aliphatic heterocycles. The Balaban J connectivity index is 1.73. The van der Waals surface area contributed by atoms with Crippen molar-refractivity contribution in [3.8, 4) is 0 Å². The number of amides is 1. The quantitative estimate of drug-likeness (QED) is 0.778. The topological polar surface area (TPSA) is 64.8 Å². The van der Waals surface area contributed by atoms with Crippen LogP contribution in [0.3, 0.4) is 0 Å². The molecule has 3 rings (SSSR count). The molecule has 1 saturated heterocycles. The van der Waals surface area contributed by atoms with E-state index in [1.807, 2.05) is 12.1 Å². The molecule has 0 saturated carbocycles. The number of hydrogen-bond acceptors (Lipinski definition) is 6. The van der Waals surface area contributed by atoms with Gasteiger partial charge in [0, 0.05) is 25.6 Å². The fourth-order valence-electron chi connectivity index (χ4n) is 2.60. The Bertz CT molecular complexity index is 620. The summed E-state index contributed by atoms with van der Waals surface area (Å²) in [6.07, 6.45) is 3.73. The van der Waals surface area contributed by atoms with Gasteiger partial charge in [-0.1, -0.05) is 0 Å². The third-order valence-corrected chi connectivity index (χ3v) is 4.52. The van der Waals surface area contributed by atoms with Crippen LogP contribution in [0.4, 0.5) is 0 Å². The fourth-order valence-corrected chi connectivity index (χ4v) is 3.34. The molecule has 1 fully saturated rings. The largest absolute Gasteiger partial charge is 0.467 e. The van der Waals surface area contributed by atoms with Crippen molar-refractivity contribution in [3.05, 3.63) is 40.2 Å². The van der Waals surface area contributed by atoms with Crippen molar-refractivity contribution >= 4 is 17.2 Å². The van der Waals surface area contributed by atoms with Crippen LogP contribution in [0.1, 0.15) is 34.1 Å². The van der Waals surface area contributed by atoms with Crippen LogP contribution in [0.5, 0.6) is 0 Å². The summed E-state index contributed by atoms with van der Waals surface area (Å²) in [5, 5.41) is 2.58. The van der Waals surface area contributed by atoms with Gasteiger partial charge in [0.2, 0.25) is 0 Å². The van der Waals surface area contributed by atoms with E-state index in [1.54, 1.807) is 23.7 Å². The number of nitrogens with zero attached hydrogens (tertiary/aromatic N) is 2. The second kappa shape index (κ2) is 7.72. The maximum absolute atomic E-state index is 12.8. The summed E-state index contributed by atoms with van der Waals surface area (Å²) in [6, 6.07) is 3.69. The minimum absolute atomic E-state index is 0.0889. The highest BCUT2D eigenvalue weighted by molar-refractivity contribution is 7.09. The minimum Gasteiger partial charge on any atom is -0.467 e. The molecule has 0 radical (unpaired) electrons. The van der Waals surface area contributed by atoms with Crippen LogP contribution < -0.4 is 0 Å². The highest BCUT2D eigenvalue weighted by Crippen LogP contribution is 2.19. The summed E-state index contributed by atoms with van der Waals surface area (Å²) in [5.41, 5.74) is 0.451. The first kappa shape index (κ1) is 16.2. The third-order valence-electron chi connectivity index (χ3n) is 3.70. The van der Waals surface area contributed by atoms with Gasteiger partial charge in [0.05, 0.1) is 25.5 Å². The zero-order valence-corrected chi connectivity index (χ0v) is 13.9. The van der Waals surface area contributed by atoms with Crippen molar-refractivity contribution in [2.75, 3.05) is 20.3 Å². The van der Waals surface area contributed by atoms with Crippen LogP contribution in [-0.4, -0.2) is 42.2 Å². The Hall–Kier alpha value is -1.70. The second-order valence-corrected chi connectivity index (χ2v) is 6.40. The maximum Gasteiger partial charge on any atom is 0.273 e. The number of methoxy groups -OCH3 is 1. The summed E-state index contributed by atoms with van der Waals surface area (Å²) in [5.74, 6) is 0.652. The van der Waals surface area contributed by atoms with E-state index in [0.29, 0.717) is 25.4 Å². The number of aromatic nitrogens is 1. The van der Waals surface area contributed by atoms with Gasteiger partial charge in [-0.2, -0.15) is 0 Å². The van der Waals surface area contributed by atoms with Gasteiger partial charge in [-0.05, 0) is 25.0 Å². The van der Waals surface area contributed by atoms with Crippen molar-refractivity contribution in [1.82, 2.24) is 9.88 Å². The Labute approximate surface area is 139 Å². The molecular formula is C16H20N2O4S. The van der Waals surface area contributed by atoms with Crippen LogP contribution in [0, 0.1) is 0 Å². The number of carbonyl (C=O) groups excluding carboxylic acids is 1. The Morgan fingerprint density at radius 3 is 3.17 bits per heavy atom. The SMILES string of the molecule is COCc1nc(C(=O)N(Cc2ccco2)CC2CCCO2)cs1. The van der Waals surface area contributed by atoms with Gasteiger partial charge < -0.3 is 18.8 Å². The molecule has 3 heterocycles. The molecule has 6 nitrogen and oxygen atoms in total. The zero-order valence-electron chi connectivity index (χ0n) is 13.1. The zero-order chi connectivity index (χ0) is 16.1. The second-order valence-electron chi connectivity index (χ2n) is 5.46. The molecule has 2 aromatic heterocycles. The molecule has 1 atom stereocenters. The predicted molar refractivity (Wildman–Crippen MR) is 85.2 cm³/mol. The first-order valence-corrected chi connectivity index (χ1v) is 8.51. The van der Waals surface area contributed by atoms with Gasteiger partial charge >= 0.3 is 0 Å². The maximum atomic E-state index is 12.8. The molecule has 0 N–H and O–H groups in total. The molecule has 124 valence electrons. The first-order chi connectivity index (χ1) is 11.3. The lowest BCUT2D eigenvalue weighted by Gasteiger charge is -2.23. The van der Waals surface area contributed by atoms with Gasteiger partial charge in [-0.15, -0.1) is 11.3 Å². The fraction of sp³-hybridized carbons (Fsp3) is 0.500. The Kier molecular flexibility index (Phi) is 5.43. The van der Waals surface area contributed by atoms with E-state index in [1.165, 1.54) is 11.3 Å². The smallest absolute Gasteiger partial charge is 0.273 e. The summed E-state index contributed by atoms with van der Waals surface area (Å²) < 4.78 is 16.1. The highest BCUT2D eigenvalue weighted by Gasteiger charge is 2.25. The molecule has 0 aromatic carbocycles. The van der Waals surface area contributed by atoms with Gasteiger partial charge in [0.15, 0.2) is 0 Å². The van der Waals surface area contributed by atoms with E-state index >= 15 is 0 Å².